The van der Waals surface area contributed by atoms with Crippen molar-refractivity contribution in [3.05, 3.63) is 65.5 Å². The molecule has 3 aromatic rings. The van der Waals surface area contributed by atoms with E-state index in [1.54, 1.807) is 0 Å². The number of piperidine rings is 1. The van der Waals surface area contributed by atoms with E-state index < -0.39 is 15.9 Å². The molecule has 1 aliphatic heterocycles. The lowest BCUT2D eigenvalue weighted by Crippen LogP contribution is -2.45. The van der Waals surface area contributed by atoms with Gasteiger partial charge in [0.25, 0.3) is 0 Å². The van der Waals surface area contributed by atoms with Crippen molar-refractivity contribution >= 4 is 27.5 Å². The van der Waals surface area contributed by atoms with Crippen LogP contribution in [0.5, 0.6) is 0 Å². The fourth-order valence-electron chi connectivity index (χ4n) is 3.47. The number of nitrogens with zero attached hydrogens (tertiary/aromatic N) is 3. The molecule has 1 aliphatic rings. The Morgan fingerprint density at radius 3 is 2.65 bits per heavy atom. The highest BCUT2D eigenvalue weighted by Crippen LogP contribution is 2.25. The summed E-state index contributed by atoms with van der Waals surface area (Å²) in [6.45, 7) is 0.577. The van der Waals surface area contributed by atoms with Crippen molar-refractivity contribution in [2.75, 3.05) is 13.1 Å². The molecular weight excluding hydrogens is 440 g/mol. The Hall–Kier alpha value is -2.75. The average molecular weight is 461 g/mol. The maximum absolute atomic E-state index is 12.9. The number of aromatic nitrogens is 2. The second-order valence-electron chi connectivity index (χ2n) is 7.25. The van der Waals surface area contributed by atoms with Gasteiger partial charge in [-0.05, 0) is 37.1 Å². The molecule has 0 saturated carbocycles. The largest absolute Gasteiger partial charge is 0.347 e. The molecule has 31 heavy (non-hydrogen) atoms. The van der Waals surface area contributed by atoms with Gasteiger partial charge in [-0.15, -0.1) is 0 Å². The molecule has 10 heteroatoms. The summed E-state index contributed by atoms with van der Waals surface area (Å²) in [7, 11) is -3.69. The van der Waals surface area contributed by atoms with Crippen molar-refractivity contribution in [1.82, 2.24) is 19.8 Å². The number of sulfonamides is 1. The molecule has 2 aromatic carbocycles. The van der Waals surface area contributed by atoms with Crippen LogP contribution in [0, 0.1) is 5.92 Å². The van der Waals surface area contributed by atoms with E-state index in [9.17, 15) is 13.2 Å². The normalized spacial score (nSPS) is 17.4. The van der Waals surface area contributed by atoms with Crippen LogP contribution in [0.15, 0.2) is 64.0 Å². The Labute approximate surface area is 185 Å². The van der Waals surface area contributed by atoms with Gasteiger partial charge < -0.3 is 9.84 Å². The molecule has 1 saturated heterocycles. The molecule has 1 amide bonds. The fourth-order valence-corrected chi connectivity index (χ4v) is 5.12. The summed E-state index contributed by atoms with van der Waals surface area (Å²) in [5.74, 6) is 0.0409. The molecule has 0 bridgehead atoms. The van der Waals surface area contributed by atoms with E-state index in [4.69, 9.17) is 16.1 Å². The molecule has 162 valence electrons. The van der Waals surface area contributed by atoms with Crippen LogP contribution in [0.25, 0.3) is 11.4 Å². The van der Waals surface area contributed by atoms with Crippen LogP contribution in [0.2, 0.25) is 5.02 Å². The molecule has 1 atom stereocenters. The van der Waals surface area contributed by atoms with Crippen molar-refractivity contribution in [3.8, 4) is 11.4 Å². The molecule has 1 N–H and O–H groups in total. The van der Waals surface area contributed by atoms with E-state index in [1.165, 1.54) is 28.6 Å². The Bertz CT molecular complexity index is 1150. The summed E-state index contributed by atoms with van der Waals surface area (Å²) in [4.78, 5) is 17.1. The average Bonchev–Trinajstić information content (AvgIpc) is 3.27. The molecule has 2 heterocycles. The first-order chi connectivity index (χ1) is 14.9. The molecule has 0 unspecified atom stereocenters. The number of amides is 1. The van der Waals surface area contributed by atoms with Gasteiger partial charge in [0.05, 0.1) is 17.4 Å². The summed E-state index contributed by atoms with van der Waals surface area (Å²) < 4.78 is 32.4. The van der Waals surface area contributed by atoms with Crippen LogP contribution in [-0.2, 0) is 21.4 Å². The minimum Gasteiger partial charge on any atom is -0.347 e. The molecule has 0 radical (unpaired) electrons. The highest BCUT2D eigenvalue weighted by molar-refractivity contribution is 7.89. The van der Waals surface area contributed by atoms with E-state index >= 15 is 0 Å². The zero-order valence-electron chi connectivity index (χ0n) is 16.6. The second-order valence-corrected chi connectivity index (χ2v) is 9.63. The SMILES string of the molecule is O=C(NCc1nc(-c2ccccc2)no1)[C@@H]1CCCN(S(=O)(=O)c2ccc(Cl)cc2)C1. The third-order valence-electron chi connectivity index (χ3n) is 5.12. The summed E-state index contributed by atoms with van der Waals surface area (Å²) >= 11 is 5.86. The van der Waals surface area contributed by atoms with Crippen LogP contribution in [0.1, 0.15) is 18.7 Å². The van der Waals surface area contributed by atoms with Crippen LogP contribution in [0.3, 0.4) is 0 Å². The summed E-state index contributed by atoms with van der Waals surface area (Å²) in [5.41, 5.74) is 0.819. The minimum atomic E-state index is -3.69. The van der Waals surface area contributed by atoms with E-state index in [0.717, 1.165) is 5.56 Å². The number of nitrogens with one attached hydrogen (secondary N) is 1. The number of hydrogen-bond donors (Lipinski definition) is 1. The standard InChI is InChI=1S/C21H21ClN4O4S/c22-17-8-10-18(11-9-17)31(28,29)26-12-4-7-16(14-26)21(27)23-13-19-24-20(25-30-19)15-5-2-1-3-6-15/h1-3,5-6,8-11,16H,4,7,12-14H2,(H,23,27)/t16-/m1/s1. The lowest BCUT2D eigenvalue weighted by molar-refractivity contribution is -0.126. The highest BCUT2D eigenvalue weighted by Gasteiger charge is 2.33. The molecule has 0 spiro atoms. The fraction of sp³-hybridized carbons (Fsp3) is 0.286. The van der Waals surface area contributed by atoms with Crippen LogP contribution >= 0.6 is 11.6 Å². The molecule has 0 aliphatic carbocycles. The number of hydrogen-bond acceptors (Lipinski definition) is 6. The van der Waals surface area contributed by atoms with Crippen LogP contribution in [0.4, 0.5) is 0 Å². The van der Waals surface area contributed by atoms with Gasteiger partial charge in [0, 0.05) is 23.7 Å². The second kappa shape index (κ2) is 9.17. The number of carbonyl (C=O) groups excluding carboxylic acids is 1. The van der Waals surface area contributed by atoms with Gasteiger partial charge in [0.1, 0.15) is 0 Å². The quantitative estimate of drug-likeness (QED) is 0.606. The smallest absolute Gasteiger partial charge is 0.246 e. The van der Waals surface area contributed by atoms with Gasteiger partial charge in [-0.3, -0.25) is 4.79 Å². The van der Waals surface area contributed by atoms with Gasteiger partial charge in [0.2, 0.25) is 27.6 Å². The van der Waals surface area contributed by atoms with Gasteiger partial charge in [-0.2, -0.15) is 9.29 Å². The molecule has 4 rings (SSSR count). The van der Waals surface area contributed by atoms with E-state index in [-0.39, 0.29) is 29.8 Å². The van der Waals surface area contributed by atoms with Crippen molar-refractivity contribution in [2.45, 2.75) is 24.3 Å². The summed E-state index contributed by atoms with van der Waals surface area (Å²) in [6, 6.07) is 15.4. The van der Waals surface area contributed by atoms with Gasteiger partial charge in [-0.25, -0.2) is 8.42 Å². The van der Waals surface area contributed by atoms with Gasteiger partial charge >= 0.3 is 0 Å². The molecule has 8 nitrogen and oxygen atoms in total. The van der Waals surface area contributed by atoms with Crippen molar-refractivity contribution in [1.29, 1.82) is 0 Å². The third kappa shape index (κ3) is 4.95. The zero-order chi connectivity index (χ0) is 21.8. The molecule has 1 fully saturated rings. The maximum Gasteiger partial charge on any atom is 0.246 e. The number of halogens is 1. The summed E-state index contributed by atoms with van der Waals surface area (Å²) in [5, 5.41) is 7.17. The highest BCUT2D eigenvalue weighted by atomic mass is 35.5. The number of benzene rings is 2. The Morgan fingerprint density at radius 1 is 1.16 bits per heavy atom. The number of carbonyl (C=O) groups is 1. The first kappa shape index (κ1) is 21.5. The predicted molar refractivity (Wildman–Crippen MR) is 115 cm³/mol. The van der Waals surface area contributed by atoms with E-state index in [1.807, 2.05) is 30.3 Å². The Morgan fingerprint density at radius 2 is 1.90 bits per heavy atom. The zero-order valence-corrected chi connectivity index (χ0v) is 18.1. The van der Waals surface area contributed by atoms with Crippen molar-refractivity contribution in [2.24, 2.45) is 5.92 Å². The maximum atomic E-state index is 12.9. The van der Waals surface area contributed by atoms with E-state index in [2.05, 4.69) is 15.5 Å². The first-order valence-corrected chi connectivity index (χ1v) is 11.7. The van der Waals surface area contributed by atoms with E-state index in [0.29, 0.717) is 30.2 Å². The first-order valence-electron chi connectivity index (χ1n) is 9.85. The molecule has 1 aromatic heterocycles. The van der Waals surface area contributed by atoms with Crippen LogP contribution in [-0.4, -0.2) is 41.9 Å². The summed E-state index contributed by atoms with van der Waals surface area (Å²) in [6.07, 6.45) is 1.21. The Balaban J connectivity index is 1.37. The van der Waals surface area contributed by atoms with Crippen molar-refractivity contribution in [3.63, 3.8) is 0 Å². The predicted octanol–water partition coefficient (Wildman–Crippen LogP) is 3.11. The monoisotopic (exact) mass is 460 g/mol. The lowest BCUT2D eigenvalue weighted by Gasteiger charge is -2.31. The topological polar surface area (TPSA) is 105 Å². The van der Waals surface area contributed by atoms with Crippen molar-refractivity contribution < 1.29 is 17.7 Å². The minimum absolute atomic E-state index is 0.0824. The van der Waals surface area contributed by atoms with Gasteiger partial charge in [0.15, 0.2) is 0 Å². The van der Waals surface area contributed by atoms with Gasteiger partial charge in [-0.1, -0.05) is 47.1 Å². The third-order valence-corrected chi connectivity index (χ3v) is 7.25. The van der Waals surface area contributed by atoms with Crippen LogP contribution < -0.4 is 5.32 Å². The lowest BCUT2D eigenvalue weighted by atomic mass is 9.99. The molecular formula is C21H21ClN4O4S. The number of rotatable bonds is 6. The Kier molecular flexibility index (Phi) is 6.35.